The molecule has 2 aliphatic heterocycles. The molecule has 3 amide bonds. The fourth-order valence-electron chi connectivity index (χ4n) is 2.97. The van der Waals surface area contributed by atoms with Crippen molar-refractivity contribution in [2.24, 2.45) is 11.8 Å². The smallest absolute Gasteiger partial charge is 0.417 e. The predicted octanol–water partition coefficient (Wildman–Crippen LogP) is 1.29. The first kappa shape index (κ1) is 14.8. The van der Waals surface area contributed by atoms with Gasteiger partial charge in [0.2, 0.25) is 5.91 Å². The van der Waals surface area contributed by atoms with Gasteiger partial charge in [-0.1, -0.05) is 13.8 Å². The minimum absolute atomic E-state index is 0.0998. The number of nitrogens with one attached hydrogen (secondary N) is 1. The molecule has 0 aliphatic carbocycles. The van der Waals surface area contributed by atoms with Gasteiger partial charge in [0, 0.05) is 11.8 Å². The van der Waals surface area contributed by atoms with E-state index in [1.54, 1.807) is 20.8 Å². The van der Waals surface area contributed by atoms with Crippen molar-refractivity contribution in [3.8, 4) is 0 Å². The molecule has 0 radical (unpaired) electrons. The zero-order chi connectivity index (χ0) is 15.3. The highest BCUT2D eigenvalue weighted by molar-refractivity contribution is 6.07. The second-order valence-corrected chi connectivity index (χ2v) is 6.64. The van der Waals surface area contributed by atoms with Crippen LogP contribution in [0.2, 0.25) is 0 Å². The molecular formula is C14H22N2O4. The van der Waals surface area contributed by atoms with Crippen LogP contribution < -0.4 is 5.32 Å². The molecule has 2 unspecified atom stereocenters. The Bertz CT molecular complexity index is 468. The van der Waals surface area contributed by atoms with E-state index in [4.69, 9.17) is 4.74 Å². The van der Waals surface area contributed by atoms with Crippen LogP contribution in [0, 0.1) is 11.8 Å². The van der Waals surface area contributed by atoms with E-state index in [-0.39, 0.29) is 30.2 Å². The zero-order valence-electron chi connectivity index (χ0n) is 12.6. The number of rotatable bonds is 1. The minimum atomic E-state index is -0.908. The van der Waals surface area contributed by atoms with Crippen LogP contribution in [0.5, 0.6) is 0 Å². The minimum Gasteiger partial charge on any atom is -0.443 e. The van der Waals surface area contributed by atoms with Crippen LogP contribution in [0.15, 0.2) is 0 Å². The number of nitrogens with zero attached hydrogens (tertiary/aromatic N) is 1. The van der Waals surface area contributed by atoms with E-state index >= 15 is 0 Å². The Kier molecular flexibility index (Phi) is 3.31. The number of imide groups is 1. The molecule has 0 saturated carbocycles. The molecule has 2 saturated heterocycles. The fourth-order valence-corrected chi connectivity index (χ4v) is 2.97. The van der Waals surface area contributed by atoms with E-state index in [2.05, 4.69) is 5.32 Å². The first-order valence-electron chi connectivity index (χ1n) is 6.99. The summed E-state index contributed by atoms with van der Waals surface area (Å²) in [6.07, 6.45) is 0.0450. The molecular weight excluding hydrogens is 260 g/mol. The highest BCUT2D eigenvalue weighted by Gasteiger charge is 2.65. The molecule has 2 aliphatic rings. The Balaban J connectivity index is 2.09. The summed E-state index contributed by atoms with van der Waals surface area (Å²) in [6, 6.07) is 0. The van der Waals surface area contributed by atoms with E-state index in [1.807, 2.05) is 13.8 Å². The van der Waals surface area contributed by atoms with E-state index in [9.17, 15) is 14.4 Å². The molecule has 6 nitrogen and oxygen atoms in total. The maximum Gasteiger partial charge on any atom is 0.417 e. The normalized spacial score (nSPS) is 33.1. The first-order valence-corrected chi connectivity index (χ1v) is 6.99. The standard InChI is InChI=1S/C14H22N2O4/c1-6-9-8(2)14(15-10(9)17)7-16(11(14)18)12(19)20-13(3,4)5/h8-9H,6-7H2,1-5H3,(H,15,17)/t8-,9?,14?/m1/s1. The molecule has 2 fully saturated rings. The van der Waals surface area contributed by atoms with Crippen molar-refractivity contribution in [1.29, 1.82) is 0 Å². The Hall–Kier alpha value is -1.59. The van der Waals surface area contributed by atoms with E-state index in [0.717, 1.165) is 4.90 Å². The maximum absolute atomic E-state index is 12.3. The van der Waals surface area contributed by atoms with Crippen molar-refractivity contribution in [3.05, 3.63) is 0 Å². The van der Waals surface area contributed by atoms with E-state index < -0.39 is 17.2 Å². The number of hydrogen-bond acceptors (Lipinski definition) is 4. The van der Waals surface area contributed by atoms with Gasteiger partial charge in [-0.2, -0.15) is 0 Å². The number of ether oxygens (including phenoxy) is 1. The summed E-state index contributed by atoms with van der Waals surface area (Å²) in [7, 11) is 0. The summed E-state index contributed by atoms with van der Waals surface area (Å²) in [5, 5.41) is 2.78. The molecule has 3 atom stereocenters. The Labute approximate surface area is 118 Å². The summed E-state index contributed by atoms with van der Waals surface area (Å²) in [5.74, 6) is -0.730. The third-order valence-corrected chi connectivity index (χ3v) is 4.15. The largest absolute Gasteiger partial charge is 0.443 e. The number of carbonyl (C=O) groups is 3. The maximum atomic E-state index is 12.3. The lowest BCUT2D eigenvalue weighted by Gasteiger charge is -2.47. The molecule has 1 spiro atoms. The van der Waals surface area contributed by atoms with Crippen molar-refractivity contribution in [1.82, 2.24) is 10.2 Å². The Morgan fingerprint density at radius 1 is 1.45 bits per heavy atom. The third-order valence-electron chi connectivity index (χ3n) is 4.15. The number of amides is 3. The van der Waals surface area contributed by atoms with Gasteiger partial charge in [-0.25, -0.2) is 9.69 Å². The monoisotopic (exact) mass is 282 g/mol. The van der Waals surface area contributed by atoms with Gasteiger partial charge >= 0.3 is 6.09 Å². The lowest BCUT2D eigenvalue weighted by atomic mass is 9.75. The number of carbonyl (C=O) groups excluding carboxylic acids is 3. The quantitative estimate of drug-likeness (QED) is 0.735. The SMILES string of the molecule is CCC1C(=O)NC2(CN(C(=O)OC(C)(C)C)C2=O)[C@@H]1C. The molecule has 0 aromatic rings. The average Bonchev–Trinajstić information content (AvgIpc) is 2.57. The van der Waals surface area contributed by atoms with Crippen LogP contribution >= 0.6 is 0 Å². The molecule has 20 heavy (non-hydrogen) atoms. The molecule has 0 aromatic carbocycles. The summed E-state index contributed by atoms with van der Waals surface area (Å²) < 4.78 is 5.18. The van der Waals surface area contributed by atoms with Gasteiger partial charge in [-0.15, -0.1) is 0 Å². The molecule has 2 heterocycles. The van der Waals surface area contributed by atoms with Crippen molar-refractivity contribution in [3.63, 3.8) is 0 Å². The Morgan fingerprint density at radius 3 is 2.45 bits per heavy atom. The van der Waals surface area contributed by atoms with Gasteiger partial charge < -0.3 is 10.1 Å². The van der Waals surface area contributed by atoms with Crippen LogP contribution in [-0.2, 0) is 14.3 Å². The van der Waals surface area contributed by atoms with Crippen LogP contribution in [0.3, 0.4) is 0 Å². The molecule has 112 valence electrons. The molecule has 1 N–H and O–H groups in total. The van der Waals surface area contributed by atoms with Crippen LogP contribution in [0.1, 0.15) is 41.0 Å². The highest BCUT2D eigenvalue weighted by atomic mass is 16.6. The fraction of sp³-hybridized carbons (Fsp3) is 0.786. The van der Waals surface area contributed by atoms with Gasteiger partial charge in [-0.05, 0) is 27.2 Å². The molecule has 0 bridgehead atoms. The topological polar surface area (TPSA) is 75.7 Å². The van der Waals surface area contributed by atoms with Crippen LogP contribution in [0.4, 0.5) is 4.79 Å². The number of β-lactam (4-membered cyclic amide) rings is 1. The van der Waals surface area contributed by atoms with Gasteiger partial charge in [0.1, 0.15) is 11.1 Å². The molecule has 6 heteroatoms. The van der Waals surface area contributed by atoms with Gasteiger partial charge in [0.25, 0.3) is 5.91 Å². The zero-order valence-corrected chi connectivity index (χ0v) is 12.6. The lowest BCUT2D eigenvalue weighted by molar-refractivity contribution is -0.154. The summed E-state index contributed by atoms with van der Waals surface area (Å²) in [4.78, 5) is 37.2. The van der Waals surface area contributed by atoms with Crippen molar-refractivity contribution in [2.75, 3.05) is 6.54 Å². The first-order chi connectivity index (χ1) is 9.12. The van der Waals surface area contributed by atoms with Crippen molar-refractivity contribution in [2.45, 2.75) is 52.2 Å². The van der Waals surface area contributed by atoms with Crippen molar-refractivity contribution < 1.29 is 19.1 Å². The summed E-state index contributed by atoms with van der Waals surface area (Å²) in [6.45, 7) is 9.25. The van der Waals surface area contributed by atoms with Crippen molar-refractivity contribution >= 4 is 17.9 Å². The van der Waals surface area contributed by atoms with E-state index in [1.165, 1.54) is 0 Å². The van der Waals surface area contributed by atoms with Gasteiger partial charge in [-0.3, -0.25) is 9.59 Å². The number of likely N-dealkylation sites (tertiary alicyclic amines) is 1. The lowest BCUT2D eigenvalue weighted by Crippen LogP contribution is -2.75. The molecule has 2 rings (SSSR count). The van der Waals surface area contributed by atoms with Crippen LogP contribution in [0.25, 0.3) is 0 Å². The summed E-state index contributed by atoms with van der Waals surface area (Å²) in [5.41, 5.74) is -1.55. The predicted molar refractivity (Wildman–Crippen MR) is 71.8 cm³/mol. The molecule has 0 aromatic heterocycles. The third kappa shape index (κ3) is 2.07. The van der Waals surface area contributed by atoms with Gasteiger partial charge in [0.05, 0.1) is 6.54 Å². The number of hydrogen-bond donors (Lipinski definition) is 1. The average molecular weight is 282 g/mol. The van der Waals surface area contributed by atoms with E-state index in [0.29, 0.717) is 6.42 Å². The Morgan fingerprint density at radius 2 is 2.05 bits per heavy atom. The summed E-state index contributed by atoms with van der Waals surface area (Å²) >= 11 is 0. The van der Waals surface area contributed by atoms with Gasteiger partial charge in [0.15, 0.2) is 0 Å². The second-order valence-electron chi connectivity index (χ2n) is 6.64. The highest BCUT2D eigenvalue weighted by Crippen LogP contribution is 2.41. The van der Waals surface area contributed by atoms with Crippen LogP contribution in [-0.4, -0.2) is 40.5 Å². The second kappa shape index (κ2) is 4.46.